The Kier molecular flexibility index (Phi) is 5.04. The molecule has 21 heavy (non-hydrogen) atoms. The van der Waals surface area contributed by atoms with Crippen LogP contribution in [0.15, 0.2) is 18.2 Å². The highest BCUT2D eigenvalue weighted by Gasteiger charge is 2.33. The molecule has 2 nitrogen and oxygen atoms in total. The Morgan fingerprint density at radius 3 is 2.24 bits per heavy atom. The van der Waals surface area contributed by atoms with E-state index in [0.717, 1.165) is 50.7 Å². The molecular formula is C15H20ClF3N2. The van der Waals surface area contributed by atoms with Gasteiger partial charge in [0.25, 0.3) is 0 Å². The van der Waals surface area contributed by atoms with Crippen LogP contribution in [-0.4, -0.2) is 12.1 Å². The Morgan fingerprint density at radius 1 is 1.10 bits per heavy atom. The summed E-state index contributed by atoms with van der Waals surface area (Å²) in [6.45, 7) is 0.404. The van der Waals surface area contributed by atoms with Crippen LogP contribution in [0.4, 0.5) is 18.9 Å². The van der Waals surface area contributed by atoms with Crippen molar-refractivity contribution in [2.45, 2.75) is 50.2 Å². The number of nitrogens with one attached hydrogen (secondary N) is 1. The maximum atomic E-state index is 12.9. The maximum absolute atomic E-state index is 12.9. The molecule has 118 valence electrons. The van der Waals surface area contributed by atoms with Gasteiger partial charge < -0.3 is 11.1 Å². The van der Waals surface area contributed by atoms with Crippen LogP contribution in [0, 0.1) is 0 Å². The molecule has 2 rings (SSSR count). The predicted octanol–water partition coefficient (Wildman–Crippen LogP) is 4.82. The second-order valence-corrected chi connectivity index (χ2v) is 6.19. The summed E-state index contributed by atoms with van der Waals surface area (Å²) in [4.78, 5) is 0. The van der Waals surface area contributed by atoms with Crippen LogP contribution in [0.25, 0.3) is 0 Å². The van der Waals surface area contributed by atoms with Crippen molar-refractivity contribution in [2.24, 2.45) is 5.73 Å². The second kappa shape index (κ2) is 6.44. The van der Waals surface area contributed by atoms with E-state index in [1.165, 1.54) is 6.07 Å². The molecule has 0 amide bonds. The van der Waals surface area contributed by atoms with Gasteiger partial charge in [0.15, 0.2) is 0 Å². The van der Waals surface area contributed by atoms with Crippen molar-refractivity contribution in [3.05, 3.63) is 28.8 Å². The normalized spacial score (nSPS) is 19.1. The summed E-state index contributed by atoms with van der Waals surface area (Å²) >= 11 is 5.82. The van der Waals surface area contributed by atoms with E-state index in [1.807, 2.05) is 0 Å². The van der Waals surface area contributed by atoms with Crippen molar-refractivity contribution in [2.75, 3.05) is 11.9 Å². The Hall–Kier alpha value is -0.940. The van der Waals surface area contributed by atoms with E-state index in [1.54, 1.807) is 0 Å². The lowest BCUT2D eigenvalue weighted by Crippen LogP contribution is -2.45. The van der Waals surface area contributed by atoms with Crippen LogP contribution in [0.3, 0.4) is 0 Å². The molecule has 0 unspecified atom stereocenters. The molecule has 0 aliphatic heterocycles. The first-order valence-corrected chi connectivity index (χ1v) is 7.58. The first-order chi connectivity index (χ1) is 9.85. The third kappa shape index (κ3) is 4.27. The molecule has 0 bridgehead atoms. The number of benzene rings is 1. The lowest BCUT2D eigenvalue weighted by molar-refractivity contribution is -0.137. The van der Waals surface area contributed by atoms with Gasteiger partial charge in [0.2, 0.25) is 0 Å². The van der Waals surface area contributed by atoms with Crippen molar-refractivity contribution in [1.29, 1.82) is 0 Å². The molecule has 1 saturated carbocycles. The second-order valence-electron chi connectivity index (χ2n) is 5.75. The monoisotopic (exact) mass is 320 g/mol. The van der Waals surface area contributed by atoms with E-state index in [9.17, 15) is 13.2 Å². The number of halogens is 4. The molecule has 6 heteroatoms. The summed E-state index contributed by atoms with van der Waals surface area (Å²) in [5, 5.41) is 3.30. The van der Waals surface area contributed by atoms with Crippen LogP contribution in [0.5, 0.6) is 0 Å². The third-order valence-corrected chi connectivity index (χ3v) is 4.30. The fraction of sp³-hybridized carbons (Fsp3) is 0.600. The van der Waals surface area contributed by atoms with Crippen molar-refractivity contribution in [3.8, 4) is 0 Å². The zero-order chi connectivity index (χ0) is 15.5. The summed E-state index contributed by atoms with van der Waals surface area (Å²) in [6.07, 6.45) is 1.71. The first-order valence-electron chi connectivity index (χ1n) is 7.21. The highest BCUT2D eigenvalue weighted by Crippen LogP contribution is 2.36. The SMILES string of the molecule is NCC1(Nc2cc(Cl)cc(C(F)(F)F)c2)CCCCCC1. The number of hydrogen-bond donors (Lipinski definition) is 2. The molecule has 1 aromatic carbocycles. The summed E-state index contributed by atoms with van der Waals surface area (Å²) in [7, 11) is 0. The minimum absolute atomic E-state index is 0.0770. The summed E-state index contributed by atoms with van der Waals surface area (Å²) < 4.78 is 38.6. The first kappa shape index (κ1) is 16.4. The van der Waals surface area contributed by atoms with Crippen LogP contribution >= 0.6 is 11.6 Å². The summed E-state index contributed by atoms with van der Waals surface area (Å²) in [5.74, 6) is 0. The molecule has 0 aromatic heterocycles. The average molecular weight is 321 g/mol. The minimum Gasteiger partial charge on any atom is -0.378 e. The molecule has 1 fully saturated rings. The molecule has 0 atom stereocenters. The van der Waals surface area contributed by atoms with Gasteiger partial charge in [0, 0.05) is 22.8 Å². The zero-order valence-electron chi connectivity index (χ0n) is 11.8. The lowest BCUT2D eigenvalue weighted by atomic mass is 9.90. The highest BCUT2D eigenvalue weighted by molar-refractivity contribution is 6.30. The number of anilines is 1. The topological polar surface area (TPSA) is 38.0 Å². The Labute approximate surface area is 127 Å². The molecule has 0 saturated heterocycles. The van der Waals surface area contributed by atoms with Crippen LogP contribution in [-0.2, 0) is 6.18 Å². The highest BCUT2D eigenvalue weighted by atomic mass is 35.5. The van der Waals surface area contributed by atoms with Gasteiger partial charge in [-0.15, -0.1) is 0 Å². The van der Waals surface area contributed by atoms with Gasteiger partial charge in [-0.05, 0) is 31.0 Å². The molecular weight excluding hydrogens is 301 g/mol. The molecule has 0 heterocycles. The van der Waals surface area contributed by atoms with Gasteiger partial charge in [-0.25, -0.2) is 0 Å². The molecule has 0 spiro atoms. The third-order valence-electron chi connectivity index (χ3n) is 4.09. The average Bonchev–Trinajstić information content (AvgIpc) is 2.63. The van der Waals surface area contributed by atoms with Crippen LogP contribution in [0.1, 0.15) is 44.1 Å². The van der Waals surface area contributed by atoms with Crippen LogP contribution in [0.2, 0.25) is 5.02 Å². The summed E-state index contributed by atoms with van der Waals surface area (Å²) in [5.41, 5.74) is 5.22. The van der Waals surface area contributed by atoms with E-state index in [-0.39, 0.29) is 10.6 Å². The molecule has 1 aromatic rings. The van der Waals surface area contributed by atoms with Gasteiger partial charge in [-0.1, -0.05) is 37.3 Å². The van der Waals surface area contributed by atoms with E-state index in [2.05, 4.69) is 5.32 Å². The predicted molar refractivity (Wildman–Crippen MR) is 79.6 cm³/mol. The number of rotatable bonds is 3. The molecule has 1 aliphatic carbocycles. The van der Waals surface area contributed by atoms with E-state index < -0.39 is 11.7 Å². The van der Waals surface area contributed by atoms with Crippen molar-refractivity contribution < 1.29 is 13.2 Å². The fourth-order valence-corrected chi connectivity index (χ4v) is 3.15. The molecule has 3 N–H and O–H groups in total. The molecule has 1 aliphatic rings. The van der Waals surface area contributed by atoms with Gasteiger partial charge in [0.05, 0.1) is 5.56 Å². The standard InChI is InChI=1S/C15H20ClF3N2/c16-12-7-11(15(17,18)19)8-13(9-12)21-14(10-20)5-3-1-2-4-6-14/h7-9,21H,1-6,10,20H2. The zero-order valence-corrected chi connectivity index (χ0v) is 12.5. The smallest absolute Gasteiger partial charge is 0.378 e. The van der Waals surface area contributed by atoms with E-state index in [4.69, 9.17) is 17.3 Å². The number of hydrogen-bond acceptors (Lipinski definition) is 2. The Bertz CT molecular complexity index is 480. The minimum atomic E-state index is -4.40. The van der Waals surface area contributed by atoms with E-state index in [0.29, 0.717) is 12.2 Å². The van der Waals surface area contributed by atoms with Crippen LogP contribution < -0.4 is 11.1 Å². The lowest BCUT2D eigenvalue weighted by Gasteiger charge is -2.34. The molecule has 0 radical (unpaired) electrons. The maximum Gasteiger partial charge on any atom is 0.416 e. The van der Waals surface area contributed by atoms with Crippen molar-refractivity contribution in [1.82, 2.24) is 0 Å². The van der Waals surface area contributed by atoms with Gasteiger partial charge >= 0.3 is 6.18 Å². The fourth-order valence-electron chi connectivity index (χ4n) is 2.92. The van der Waals surface area contributed by atoms with Gasteiger partial charge in [-0.2, -0.15) is 13.2 Å². The number of alkyl halides is 3. The van der Waals surface area contributed by atoms with Gasteiger partial charge in [-0.3, -0.25) is 0 Å². The van der Waals surface area contributed by atoms with Gasteiger partial charge in [0.1, 0.15) is 0 Å². The number of nitrogens with two attached hydrogens (primary N) is 1. The largest absolute Gasteiger partial charge is 0.416 e. The van der Waals surface area contributed by atoms with Crippen molar-refractivity contribution in [3.63, 3.8) is 0 Å². The quantitative estimate of drug-likeness (QED) is 0.783. The van der Waals surface area contributed by atoms with E-state index >= 15 is 0 Å². The summed E-state index contributed by atoms with van der Waals surface area (Å²) in [6, 6.07) is 3.57. The Balaban J connectivity index is 2.26. The van der Waals surface area contributed by atoms with Crippen molar-refractivity contribution >= 4 is 17.3 Å². The Morgan fingerprint density at radius 2 is 1.71 bits per heavy atom.